The number of amides is 2. The summed E-state index contributed by atoms with van der Waals surface area (Å²) in [6.45, 7) is 5.59. The molecule has 2 N–H and O–H groups in total. The minimum Gasteiger partial charge on any atom is -0.450 e. The second kappa shape index (κ2) is 11.3. The number of nitrogens with zero attached hydrogens (tertiary/aromatic N) is 3. The molecule has 0 spiro atoms. The van der Waals surface area contributed by atoms with E-state index in [1.54, 1.807) is 19.0 Å². The highest BCUT2D eigenvalue weighted by atomic mass is 16.6. The number of likely N-dealkylation sites (N-methyl/N-ethyl adjacent to an activating group) is 1. The van der Waals surface area contributed by atoms with Crippen molar-refractivity contribution in [2.75, 3.05) is 40.3 Å². The van der Waals surface area contributed by atoms with Crippen LogP contribution in [0.4, 0.5) is 4.79 Å². The number of rotatable bonds is 6. The number of nitrogens with one attached hydrogen (secondary N) is 2. The van der Waals surface area contributed by atoms with Gasteiger partial charge in [-0.2, -0.15) is 0 Å². The van der Waals surface area contributed by atoms with Crippen LogP contribution in [0.15, 0.2) is 35.3 Å². The Labute approximate surface area is 173 Å². The molecular weight excluding hydrogens is 370 g/mol. The lowest BCUT2D eigenvalue weighted by atomic mass is 10.1. The Balaban J connectivity index is 1.99. The topological polar surface area (TPSA) is 86.3 Å². The molecule has 1 unspecified atom stereocenters. The van der Waals surface area contributed by atoms with E-state index in [-0.39, 0.29) is 30.6 Å². The number of likely N-dealkylation sites (tertiary alicyclic amines) is 1. The first-order valence-corrected chi connectivity index (χ1v) is 10.1. The van der Waals surface area contributed by atoms with Gasteiger partial charge in [-0.3, -0.25) is 4.79 Å². The third kappa shape index (κ3) is 7.29. The summed E-state index contributed by atoms with van der Waals surface area (Å²) in [5, 5.41) is 6.82. The average molecular weight is 404 g/mol. The van der Waals surface area contributed by atoms with Gasteiger partial charge in [-0.05, 0) is 32.3 Å². The van der Waals surface area contributed by atoms with Crippen LogP contribution in [0.1, 0.15) is 38.3 Å². The highest BCUT2D eigenvalue weighted by Gasteiger charge is 2.24. The Bertz CT molecular complexity index is 685. The van der Waals surface area contributed by atoms with Crippen LogP contribution < -0.4 is 10.6 Å². The van der Waals surface area contributed by atoms with E-state index in [9.17, 15) is 9.59 Å². The van der Waals surface area contributed by atoms with Gasteiger partial charge in [0.2, 0.25) is 5.91 Å². The molecule has 8 nitrogen and oxygen atoms in total. The molecule has 160 valence electrons. The summed E-state index contributed by atoms with van der Waals surface area (Å²) in [5.41, 5.74) is 1.14. The van der Waals surface area contributed by atoms with Gasteiger partial charge in [-0.1, -0.05) is 30.3 Å². The quantitative estimate of drug-likeness (QED) is 0.560. The summed E-state index contributed by atoms with van der Waals surface area (Å²) in [6.07, 6.45) is 1.33. The molecule has 2 amide bonds. The average Bonchev–Trinajstić information content (AvgIpc) is 2.73. The fourth-order valence-corrected chi connectivity index (χ4v) is 3.07. The lowest BCUT2D eigenvalue weighted by Gasteiger charge is -2.33. The van der Waals surface area contributed by atoms with Gasteiger partial charge in [0.1, 0.15) is 6.54 Å². The van der Waals surface area contributed by atoms with Gasteiger partial charge in [-0.25, -0.2) is 9.79 Å². The molecule has 29 heavy (non-hydrogen) atoms. The first-order valence-electron chi connectivity index (χ1n) is 10.1. The smallest absolute Gasteiger partial charge is 0.409 e. The minimum atomic E-state index is -0.257. The summed E-state index contributed by atoms with van der Waals surface area (Å²) in [7, 11) is 3.44. The van der Waals surface area contributed by atoms with Crippen LogP contribution >= 0.6 is 0 Å². The normalized spacial score (nSPS) is 16.1. The molecule has 0 bridgehead atoms. The monoisotopic (exact) mass is 403 g/mol. The number of carbonyl (C=O) groups excluding carboxylic acids is 2. The van der Waals surface area contributed by atoms with Crippen LogP contribution in [0.2, 0.25) is 0 Å². The maximum atomic E-state index is 12.0. The molecular formula is C21H33N5O3. The number of hydrogen-bond acceptors (Lipinski definition) is 4. The lowest BCUT2D eigenvalue weighted by molar-refractivity contribution is -0.127. The molecule has 0 radical (unpaired) electrons. The van der Waals surface area contributed by atoms with Crippen LogP contribution in [-0.4, -0.2) is 74.1 Å². The van der Waals surface area contributed by atoms with Crippen molar-refractivity contribution in [2.45, 2.75) is 38.8 Å². The van der Waals surface area contributed by atoms with E-state index in [1.165, 1.54) is 4.90 Å². The molecule has 1 aliphatic rings. The summed E-state index contributed by atoms with van der Waals surface area (Å²) < 4.78 is 5.08. The van der Waals surface area contributed by atoms with Crippen LogP contribution in [-0.2, 0) is 9.53 Å². The molecule has 0 aromatic heterocycles. The van der Waals surface area contributed by atoms with E-state index in [0.717, 1.165) is 18.4 Å². The SMILES string of the molecule is CCOC(=O)N1CCC(NC(=NCC(=O)N(C)C)NC(C)c2ccccc2)CC1. The van der Waals surface area contributed by atoms with Crippen molar-refractivity contribution in [1.29, 1.82) is 0 Å². The van der Waals surface area contributed by atoms with Crippen LogP contribution in [0.3, 0.4) is 0 Å². The Morgan fingerprint density at radius 2 is 1.90 bits per heavy atom. The molecule has 1 heterocycles. The van der Waals surface area contributed by atoms with Gasteiger partial charge in [0, 0.05) is 33.2 Å². The molecule has 2 rings (SSSR count). The highest BCUT2D eigenvalue weighted by Crippen LogP contribution is 2.13. The van der Waals surface area contributed by atoms with Gasteiger partial charge in [0.05, 0.1) is 12.6 Å². The summed E-state index contributed by atoms with van der Waals surface area (Å²) in [5.74, 6) is 0.543. The number of guanidine groups is 1. The molecule has 8 heteroatoms. The summed E-state index contributed by atoms with van der Waals surface area (Å²) in [6, 6.07) is 10.3. The van der Waals surface area contributed by atoms with E-state index in [1.807, 2.05) is 25.1 Å². The fraction of sp³-hybridized carbons (Fsp3) is 0.571. The van der Waals surface area contributed by atoms with Gasteiger partial charge in [0.15, 0.2) is 5.96 Å². The number of carbonyl (C=O) groups is 2. The van der Waals surface area contributed by atoms with E-state index in [2.05, 4.69) is 34.7 Å². The molecule has 1 aliphatic heterocycles. The molecule has 0 aliphatic carbocycles. The van der Waals surface area contributed by atoms with Crippen molar-refractivity contribution in [3.63, 3.8) is 0 Å². The maximum absolute atomic E-state index is 12.0. The molecule has 1 fully saturated rings. The summed E-state index contributed by atoms with van der Waals surface area (Å²) >= 11 is 0. The van der Waals surface area contributed by atoms with Crippen molar-refractivity contribution < 1.29 is 14.3 Å². The zero-order chi connectivity index (χ0) is 21.2. The van der Waals surface area contributed by atoms with Crippen LogP contribution in [0.5, 0.6) is 0 Å². The van der Waals surface area contributed by atoms with Crippen LogP contribution in [0, 0.1) is 0 Å². The van der Waals surface area contributed by atoms with Crippen molar-refractivity contribution >= 4 is 18.0 Å². The third-order valence-corrected chi connectivity index (χ3v) is 4.89. The predicted molar refractivity (Wildman–Crippen MR) is 114 cm³/mol. The van der Waals surface area contributed by atoms with E-state index in [0.29, 0.717) is 25.7 Å². The first kappa shape index (κ1) is 22.5. The zero-order valence-corrected chi connectivity index (χ0v) is 17.9. The van der Waals surface area contributed by atoms with Gasteiger partial charge in [-0.15, -0.1) is 0 Å². The van der Waals surface area contributed by atoms with Crippen molar-refractivity contribution in [3.8, 4) is 0 Å². The van der Waals surface area contributed by atoms with E-state index >= 15 is 0 Å². The number of ether oxygens (including phenoxy) is 1. The lowest BCUT2D eigenvalue weighted by Crippen LogP contribution is -2.50. The second-order valence-electron chi connectivity index (χ2n) is 7.33. The number of aliphatic imine (C=N–C) groups is 1. The van der Waals surface area contributed by atoms with Gasteiger partial charge in [0.25, 0.3) is 0 Å². The number of hydrogen-bond donors (Lipinski definition) is 2. The van der Waals surface area contributed by atoms with Crippen molar-refractivity contribution in [2.24, 2.45) is 4.99 Å². The Kier molecular flexibility index (Phi) is 8.76. The third-order valence-electron chi connectivity index (χ3n) is 4.89. The highest BCUT2D eigenvalue weighted by molar-refractivity contribution is 5.85. The van der Waals surface area contributed by atoms with Crippen molar-refractivity contribution in [3.05, 3.63) is 35.9 Å². The Morgan fingerprint density at radius 1 is 1.24 bits per heavy atom. The second-order valence-corrected chi connectivity index (χ2v) is 7.33. The zero-order valence-electron chi connectivity index (χ0n) is 17.9. The first-order chi connectivity index (χ1) is 13.9. The number of piperidine rings is 1. The molecule has 1 aromatic rings. The van der Waals surface area contributed by atoms with E-state index in [4.69, 9.17) is 4.74 Å². The van der Waals surface area contributed by atoms with Crippen LogP contribution in [0.25, 0.3) is 0 Å². The Morgan fingerprint density at radius 3 is 2.48 bits per heavy atom. The molecule has 0 saturated carbocycles. The van der Waals surface area contributed by atoms with Crippen molar-refractivity contribution in [1.82, 2.24) is 20.4 Å². The summed E-state index contributed by atoms with van der Waals surface area (Å²) in [4.78, 5) is 31.6. The molecule has 1 saturated heterocycles. The largest absolute Gasteiger partial charge is 0.450 e. The van der Waals surface area contributed by atoms with Gasteiger partial charge < -0.3 is 25.2 Å². The fourth-order valence-electron chi connectivity index (χ4n) is 3.07. The number of benzene rings is 1. The van der Waals surface area contributed by atoms with Gasteiger partial charge >= 0.3 is 6.09 Å². The maximum Gasteiger partial charge on any atom is 0.409 e. The Hall–Kier alpha value is -2.77. The molecule has 1 aromatic carbocycles. The molecule has 1 atom stereocenters. The predicted octanol–water partition coefficient (Wildman–Crippen LogP) is 1.99. The minimum absolute atomic E-state index is 0.0385. The van der Waals surface area contributed by atoms with E-state index < -0.39 is 0 Å². The standard InChI is InChI=1S/C21H33N5O3/c1-5-29-21(28)26-13-11-18(12-14-26)24-20(22-15-19(27)25(3)4)23-16(2)17-9-7-6-8-10-17/h6-10,16,18H,5,11-15H2,1-4H3,(H2,22,23,24).